The molecule has 2 aliphatic rings. The number of carbonyl (C=O) groups excluding carboxylic acids is 1. The highest BCUT2D eigenvalue weighted by molar-refractivity contribution is 5.93. The van der Waals surface area contributed by atoms with Crippen molar-refractivity contribution in [2.75, 3.05) is 26.8 Å². The van der Waals surface area contributed by atoms with Crippen LogP contribution >= 0.6 is 0 Å². The quantitative estimate of drug-likeness (QED) is 0.672. The maximum Gasteiger partial charge on any atom is 0.274 e. The van der Waals surface area contributed by atoms with Crippen molar-refractivity contribution in [1.82, 2.24) is 14.3 Å². The van der Waals surface area contributed by atoms with Crippen molar-refractivity contribution in [3.63, 3.8) is 0 Å². The maximum atomic E-state index is 13.1. The summed E-state index contributed by atoms with van der Waals surface area (Å²) in [5.74, 6) is 0.872. The van der Waals surface area contributed by atoms with Gasteiger partial charge in [-0.15, -0.1) is 0 Å². The number of carbonyl (C=O) groups is 1. The van der Waals surface area contributed by atoms with Crippen LogP contribution in [0.4, 0.5) is 0 Å². The van der Waals surface area contributed by atoms with Crippen LogP contribution in [-0.4, -0.2) is 47.0 Å². The predicted molar refractivity (Wildman–Crippen MR) is 109 cm³/mol. The fourth-order valence-corrected chi connectivity index (χ4v) is 4.78. The van der Waals surface area contributed by atoms with Gasteiger partial charge in [0.15, 0.2) is 0 Å². The van der Waals surface area contributed by atoms with Crippen LogP contribution < -0.4 is 4.74 Å². The lowest BCUT2D eigenvalue weighted by Crippen LogP contribution is -2.48. The van der Waals surface area contributed by atoms with Gasteiger partial charge in [-0.25, -0.2) is 4.98 Å². The van der Waals surface area contributed by atoms with Crippen molar-refractivity contribution in [1.29, 1.82) is 0 Å². The Hall–Kier alpha value is -2.86. The zero-order valence-electron chi connectivity index (χ0n) is 16.9. The van der Waals surface area contributed by atoms with Gasteiger partial charge in [-0.1, -0.05) is 18.2 Å². The van der Waals surface area contributed by atoms with E-state index in [9.17, 15) is 4.79 Å². The number of hydrogen-bond acceptors (Lipinski definition) is 4. The summed E-state index contributed by atoms with van der Waals surface area (Å²) >= 11 is 0. The lowest BCUT2D eigenvalue weighted by Gasteiger charge is -2.45. The van der Waals surface area contributed by atoms with E-state index in [1.165, 1.54) is 11.1 Å². The number of methoxy groups -OCH3 is 1. The first-order valence-corrected chi connectivity index (χ1v) is 10.2. The van der Waals surface area contributed by atoms with E-state index < -0.39 is 0 Å². The molecule has 0 unspecified atom stereocenters. The average molecular weight is 391 g/mol. The minimum absolute atomic E-state index is 0.0148. The number of likely N-dealkylation sites (tertiary alicyclic amines) is 1. The van der Waals surface area contributed by atoms with Crippen molar-refractivity contribution < 1.29 is 14.3 Å². The fraction of sp³-hybridized carbons (Fsp3) is 0.391. The molecule has 5 rings (SSSR count). The van der Waals surface area contributed by atoms with Gasteiger partial charge >= 0.3 is 0 Å². The molecule has 0 saturated carbocycles. The second-order valence-corrected chi connectivity index (χ2v) is 7.90. The molecule has 1 saturated heterocycles. The first-order valence-electron chi connectivity index (χ1n) is 10.2. The third kappa shape index (κ3) is 2.90. The molecule has 29 heavy (non-hydrogen) atoms. The SMILES string of the molecule is COc1cccc2c1C1(CCN(C(=O)c3cn4c(C)cccc4n3)CC1)OCC2. The fourth-order valence-electron chi connectivity index (χ4n) is 4.78. The van der Waals surface area contributed by atoms with Crippen LogP contribution in [0.3, 0.4) is 0 Å². The van der Waals surface area contributed by atoms with Crippen LogP contribution in [0.2, 0.25) is 0 Å². The average Bonchev–Trinajstić information content (AvgIpc) is 3.19. The number of amides is 1. The zero-order valence-corrected chi connectivity index (χ0v) is 16.9. The Morgan fingerprint density at radius 2 is 1.97 bits per heavy atom. The standard InChI is InChI=1S/C23H25N3O3/c1-16-5-3-8-20-24-18(15-26(16)20)22(27)25-12-10-23(11-13-25)21-17(9-14-29-23)6-4-7-19(21)28-2/h3-8,15H,9-14H2,1-2H3. The van der Waals surface area contributed by atoms with Gasteiger partial charge in [-0.2, -0.15) is 0 Å². The minimum Gasteiger partial charge on any atom is -0.496 e. The second-order valence-electron chi connectivity index (χ2n) is 7.90. The minimum atomic E-state index is -0.369. The Balaban J connectivity index is 1.40. The van der Waals surface area contributed by atoms with Crippen molar-refractivity contribution in [2.24, 2.45) is 0 Å². The van der Waals surface area contributed by atoms with Crippen LogP contribution in [0, 0.1) is 6.92 Å². The van der Waals surface area contributed by atoms with Crippen molar-refractivity contribution in [2.45, 2.75) is 31.8 Å². The predicted octanol–water partition coefficient (Wildman–Crippen LogP) is 3.36. The molecule has 1 aromatic carbocycles. The van der Waals surface area contributed by atoms with E-state index in [1.807, 2.05) is 52.8 Å². The topological polar surface area (TPSA) is 56.1 Å². The molecule has 1 spiro atoms. The van der Waals surface area contributed by atoms with Gasteiger partial charge in [0.1, 0.15) is 22.7 Å². The molecule has 2 aliphatic heterocycles. The molecule has 1 fully saturated rings. The monoisotopic (exact) mass is 391 g/mol. The Morgan fingerprint density at radius 1 is 1.17 bits per heavy atom. The maximum absolute atomic E-state index is 13.1. The van der Waals surface area contributed by atoms with E-state index in [2.05, 4.69) is 11.1 Å². The first-order chi connectivity index (χ1) is 14.1. The first kappa shape index (κ1) is 18.2. The normalized spacial score (nSPS) is 18.1. The summed E-state index contributed by atoms with van der Waals surface area (Å²) in [5, 5.41) is 0. The molecule has 0 atom stereocenters. The smallest absolute Gasteiger partial charge is 0.274 e. The van der Waals surface area contributed by atoms with E-state index in [1.54, 1.807) is 7.11 Å². The summed E-state index contributed by atoms with van der Waals surface area (Å²) in [6.07, 6.45) is 4.27. The van der Waals surface area contributed by atoms with Crippen LogP contribution in [-0.2, 0) is 16.8 Å². The molecule has 6 heteroatoms. The van der Waals surface area contributed by atoms with Crippen LogP contribution in [0.25, 0.3) is 5.65 Å². The van der Waals surface area contributed by atoms with Crippen molar-refractivity contribution >= 4 is 11.6 Å². The van der Waals surface area contributed by atoms with Gasteiger partial charge in [0.25, 0.3) is 5.91 Å². The molecule has 1 amide bonds. The number of aryl methyl sites for hydroxylation is 1. The lowest BCUT2D eigenvalue weighted by molar-refractivity contribution is -0.0947. The molecular weight excluding hydrogens is 366 g/mol. The summed E-state index contributed by atoms with van der Waals surface area (Å²) in [5.41, 5.74) is 4.46. The van der Waals surface area contributed by atoms with Gasteiger partial charge in [0.2, 0.25) is 0 Å². The number of ether oxygens (including phenoxy) is 2. The number of nitrogens with zero attached hydrogens (tertiary/aromatic N) is 3. The van der Waals surface area contributed by atoms with E-state index >= 15 is 0 Å². The summed E-state index contributed by atoms with van der Waals surface area (Å²) in [6.45, 7) is 4.00. The Morgan fingerprint density at radius 3 is 2.72 bits per heavy atom. The van der Waals surface area contributed by atoms with Crippen molar-refractivity contribution in [3.05, 3.63) is 65.1 Å². The third-order valence-electron chi connectivity index (χ3n) is 6.31. The summed E-state index contributed by atoms with van der Waals surface area (Å²) in [6, 6.07) is 12.1. The Kier molecular flexibility index (Phi) is 4.32. The number of imidazole rings is 1. The van der Waals surface area contributed by atoms with Crippen LogP contribution in [0.15, 0.2) is 42.6 Å². The largest absolute Gasteiger partial charge is 0.496 e. The number of benzene rings is 1. The van der Waals surface area contributed by atoms with E-state index in [0.717, 1.165) is 36.4 Å². The summed E-state index contributed by atoms with van der Waals surface area (Å²) < 4.78 is 14.0. The lowest BCUT2D eigenvalue weighted by atomic mass is 9.78. The molecule has 2 aromatic heterocycles. The molecule has 0 radical (unpaired) electrons. The highest BCUT2D eigenvalue weighted by Crippen LogP contribution is 2.45. The van der Waals surface area contributed by atoms with E-state index in [-0.39, 0.29) is 11.5 Å². The Labute approximate surface area is 170 Å². The molecule has 0 N–H and O–H groups in total. The highest BCUT2D eigenvalue weighted by atomic mass is 16.5. The van der Waals surface area contributed by atoms with Gasteiger partial charge < -0.3 is 18.8 Å². The third-order valence-corrected chi connectivity index (χ3v) is 6.31. The van der Waals surface area contributed by atoms with Crippen LogP contribution in [0.5, 0.6) is 5.75 Å². The molecular formula is C23H25N3O3. The second kappa shape index (κ2) is 6.88. The molecule has 0 aliphatic carbocycles. The van der Waals surface area contributed by atoms with Crippen LogP contribution in [0.1, 0.15) is 40.2 Å². The number of piperidine rings is 1. The number of fused-ring (bicyclic) bond motifs is 3. The van der Waals surface area contributed by atoms with Gasteiger partial charge in [-0.3, -0.25) is 4.79 Å². The highest BCUT2D eigenvalue weighted by Gasteiger charge is 2.43. The number of aromatic nitrogens is 2. The van der Waals surface area contributed by atoms with Gasteiger partial charge in [-0.05, 0) is 49.9 Å². The van der Waals surface area contributed by atoms with E-state index in [0.29, 0.717) is 25.4 Å². The van der Waals surface area contributed by atoms with Gasteiger partial charge in [0.05, 0.1) is 13.7 Å². The number of pyridine rings is 1. The molecule has 0 bridgehead atoms. The molecule has 150 valence electrons. The van der Waals surface area contributed by atoms with Crippen molar-refractivity contribution in [3.8, 4) is 5.75 Å². The van der Waals surface area contributed by atoms with E-state index in [4.69, 9.17) is 9.47 Å². The molecule has 4 heterocycles. The number of hydrogen-bond donors (Lipinski definition) is 0. The molecule has 3 aromatic rings. The molecule has 6 nitrogen and oxygen atoms in total. The summed E-state index contributed by atoms with van der Waals surface area (Å²) in [7, 11) is 1.71. The number of rotatable bonds is 2. The Bertz CT molecular complexity index is 1070. The summed E-state index contributed by atoms with van der Waals surface area (Å²) in [4.78, 5) is 19.5. The van der Waals surface area contributed by atoms with Gasteiger partial charge in [0, 0.05) is 30.5 Å². The zero-order chi connectivity index (χ0) is 20.0.